The van der Waals surface area contributed by atoms with Crippen LogP contribution < -0.4 is 10.6 Å². The van der Waals surface area contributed by atoms with E-state index in [1.54, 1.807) is 6.07 Å². The molecule has 0 radical (unpaired) electrons. The van der Waals surface area contributed by atoms with Gasteiger partial charge >= 0.3 is 0 Å². The average Bonchev–Trinajstić information content (AvgIpc) is 2.45. The first-order chi connectivity index (χ1) is 9.58. The van der Waals surface area contributed by atoms with E-state index >= 15 is 0 Å². The molecule has 20 heavy (non-hydrogen) atoms. The number of hydrogen-bond acceptors (Lipinski definition) is 2. The average molecular weight is 315 g/mol. The van der Waals surface area contributed by atoms with Crippen LogP contribution in [0.1, 0.15) is 39.0 Å². The molecule has 1 fully saturated rings. The zero-order chi connectivity index (χ0) is 14.5. The van der Waals surface area contributed by atoms with E-state index in [1.165, 1.54) is 19.3 Å². The second kappa shape index (κ2) is 7.19. The summed E-state index contributed by atoms with van der Waals surface area (Å²) in [6.45, 7) is 1.83. The van der Waals surface area contributed by atoms with Crippen molar-refractivity contribution in [3.05, 3.63) is 28.2 Å². The van der Waals surface area contributed by atoms with Gasteiger partial charge in [0.15, 0.2) is 0 Å². The number of anilines is 1. The summed E-state index contributed by atoms with van der Waals surface area (Å²) < 4.78 is 0. The molecule has 0 aliphatic heterocycles. The molecular formula is C15H20Cl2N2O. The third kappa shape index (κ3) is 4.03. The lowest BCUT2D eigenvalue weighted by Gasteiger charge is -2.25. The molecule has 0 aromatic heterocycles. The maximum absolute atomic E-state index is 12.2. The van der Waals surface area contributed by atoms with E-state index in [2.05, 4.69) is 10.6 Å². The van der Waals surface area contributed by atoms with Crippen molar-refractivity contribution in [2.24, 2.45) is 0 Å². The molecule has 1 aromatic carbocycles. The maximum Gasteiger partial charge on any atom is 0.242 e. The molecule has 5 heteroatoms. The number of carbonyl (C=O) groups is 1. The molecule has 2 N–H and O–H groups in total. The van der Waals surface area contributed by atoms with Crippen LogP contribution >= 0.6 is 23.2 Å². The maximum atomic E-state index is 12.2. The van der Waals surface area contributed by atoms with Crippen molar-refractivity contribution in [3.63, 3.8) is 0 Å². The van der Waals surface area contributed by atoms with Crippen molar-refractivity contribution >= 4 is 34.8 Å². The molecule has 1 aliphatic rings. The lowest BCUT2D eigenvalue weighted by atomic mass is 9.95. The molecule has 1 amide bonds. The van der Waals surface area contributed by atoms with Crippen molar-refractivity contribution in [2.45, 2.75) is 51.1 Å². The van der Waals surface area contributed by atoms with E-state index in [0.29, 0.717) is 21.8 Å². The first-order valence-corrected chi connectivity index (χ1v) is 7.84. The molecule has 2 rings (SSSR count). The molecule has 0 spiro atoms. The van der Waals surface area contributed by atoms with Crippen LogP contribution in [0.25, 0.3) is 0 Å². The number of benzene rings is 1. The lowest BCUT2D eigenvalue weighted by Crippen LogP contribution is -2.44. The van der Waals surface area contributed by atoms with Gasteiger partial charge in [-0.3, -0.25) is 4.79 Å². The Balaban J connectivity index is 1.91. The highest BCUT2D eigenvalue weighted by atomic mass is 35.5. The molecule has 0 bridgehead atoms. The normalized spacial score (nSPS) is 17.6. The minimum atomic E-state index is -0.340. The van der Waals surface area contributed by atoms with Crippen LogP contribution in [0.15, 0.2) is 18.2 Å². The largest absolute Gasteiger partial charge is 0.373 e. The van der Waals surface area contributed by atoms with Gasteiger partial charge in [0.1, 0.15) is 6.04 Å². The minimum Gasteiger partial charge on any atom is -0.373 e. The fourth-order valence-electron chi connectivity index (χ4n) is 2.49. The predicted octanol–water partition coefficient (Wildman–Crippen LogP) is 4.24. The Morgan fingerprint density at radius 1 is 1.25 bits per heavy atom. The van der Waals surface area contributed by atoms with E-state index in [-0.39, 0.29) is 11.9 Å². The summed E-state index contributed by atoms with van der Waals surface area (Å²) in [5, 5.41) is 7.14. The molecule has 1 atom stereocenters. The van der Waals surface area contributed by atoms with E-state index in [9.17, 15) is 4.79 Å². The van der Waals surface area contributed by atoms with Crippen LogP contribution in [0.3, 0.4) is 0 Å². The Hall–Kier alpha value is -0.930. The Morgan fingerprint density at radius 3 is 2.65 bits per heavy atom. The number of halogens is 2. The fourth-order valence-corrected chi connectivity index (χ4v) is 2.84. The van der Waals surface area contributed by atoms with Crippen molar-refractivity contribution in [1.29, 1.82) is 0 Å². The summed E-state index contributed by atoms with van der Waals surface area (Å²) in [6.07, 6.45) is 5.84. The second-order valence-electron chi connectivity index (χ2n) is 5.31. The highest BCUT2D eigenvalue weighted by Gasteiger charge is 2.20. The van der Waals surface area contributed by atoms with E-state index < -0.39 is 0 Å². The van der Waals surface area contributed by atoms with Gasteiger partial charge in [-0.15, -0.1) is 0 Å². The summed E-state index contributed by atoms with van der Waals surface area (Å²) in [7, 11) is 0. The monoisotopic (exact) mass is 314 g/mol. The second-order valence-corrected chi connectivity index (χ2v) is 6.10. The number of hydrogen-bond donors (Lipinski definition) is 2. The summed E-state index contributed by atoms with van der Waals surface area (Å²) in [5.41, 5.74) is 0.686. The third-order valence-electron chi connectivity index (χ3n) is 3.67. The van der Waals surface area contributed by atoms with Gasteiger partial charge in [-0.25, -0.2) is 0 Å². The van der Waals surface area contributed by atoms with Crippen LogP contribution in [-0.2, 0) is 4.79 Å². The fraction of sp³-hybridized carbons (Fsp3) is 0.533. The van der Waals surface area contributed by atoms with Crippen molar-refractivity contribution in [2.75, 3.05) is 5.32 Å². The first-order valence-electron chi connectivity index (χ1n) is 7.09. The molecule has 1 unspecified atom stereocenters. The standard InChI is InChI=1S/C15H20Cl2N2O/c1-10(15(20)19-11-6-3-2-4-7-11)18-13-9-5-8-12(16)14(13)17/h5,8-11,18H,2-4,6-7H2,1H3,(H,19,20). The number of carbonyl (C=O) groups excluding carboxylic acids is 1. The van der Waals surface area contributed by atoms with Crippen molar-refractivity contribution in [3.8, 4) is 0 Å². The number of nitrogens with one attached hydrogen (secondary N) is 2. The minimum absolute atomic E-state index is 0.00735. The summed E-state index contributed by atoms with van der Waals surface area (Å²) in [5.74, 6) is 0.00735. The van der Waals surface area contributed by atoms with Gasteiger partial charge in [0.05, 0.1) is 15.7 Å². The highest BCUT2D eigenvalue weighted by molar-refractivity contribution is 6.43. The SMILES string of the molecule is CC(Nc1cccc(Cl)c1Cl)C(=O)NC1CCCCC1. The zero-order valence-corrected chi connectivity index (χ0v) is 13.1. The number of rotatable bonds is 4. The van der Waals surface area contributed by atoms with Gasteiger partial charge in [-0.2, -0.15) is 0 Å². The lowest BCUT2D eigenvalue weighted by molar-refractivity contribution is -0.122. The van der Waals surface area contributed by atoms with Gasteiger partial charge < -0.3 is 10.6 Å². The first kappa shape index (κ1) is 15.5. The zero-order valence-electron chi connectivity index (χ0n) is 11.6. The molecule has 1 saturated carbocycles. The van der Waals surface area contributed by atoms with Crippen LogP contribution in [0, 0.1) is 0 Å². The molecular weight excluding hydrogens is 295 g/mol. The van der Waals surface area contributed by atoms with Gasteiger partial charge in [0.2, 0.25) is 5.91 Å². The quantitative estimate of drug-likeness (QED) is 0.872. The van der Waals surface area contributed by atoms with Crippen LogP contribution in [0.5, 0.6) is 0 Å². The smallest absolute Gasteiger partial charge is 0.242 e. The van der Waals surface area contributed by atoms with E-state index in [4.69, 9.17) is 23.2 Å². The summed E-state index contributed by atoms with van der Waals surface area (Å²) >= 11 is 12.1. The third-order valence-corrected chi connectivity index (χ3v) is 4.49. The number of amides is 1. The molecule has 1 aliphatic carbocycles. The van der Waals surface area contributed by atoms with Crippen molar-refractivity contribution in [1.82, 2.24) is 5.32 Å². The van der Waals surface area contributed by atoms with Crippen LogP contribution in [0.2, 0.25) is 10.0 Å². The highest BCUT2D eigenvalue weighted by Crippen LogP contribution is 2.30. The van der Waals surface area contributed by atoms with Crippen molar-refractivity contribution < 1.29 is 4.79 Å². The Morgan fingerprint density at radius 2 is 1.95 bits per heavy atom. The van der Waals surface area contributed by atoms with E-state index in [0.717, 1.165) is 12.8 Å². The summed E-state index contributed by atoms with van der Waals surface area (Å²) in [4.78, 5) is 12.2. The predicted molar refractivity (Wildman–Crippen MR) is 84.6 cm³/mol. The van der Waals surface area contributed by atoms with Crippen LogP contribution in [0.4, 0.5) is 5.69 Å². The van der Waals surface area contributed by atoms with Gasteiger partial charge in [-0.1, -0.05) is 48.5 Å². The summed E-state index contributed by atoms with van der Waals surface area (Å²) in [6, 6.07) is 5.33. The Bertz CT molecular complexity index is 473. The van der Waals surface area contributed by atoms with Gasteiger partial charge in [0.25, 0.3) is 0 Å². The molecule has 0 saturated heterocycles. The van der Waals surface area contributed by atoms with Crippen LogP contribution in [-0.4, -0.2) is 18.0 Å². The molecule has 1 aromatic rings. The molecule has 110 valence electrons. The van der Waals surface area contributed by atoms with Gasteiger partial charge in [0, 0.05) is 6.04 Å². The molecule has 3 nitrogen and oxygen atoms in total. The molecule has 0 heterocycles. The van der Waals surface area contributed by atoms with Gasteiger partial charge in [-0.05, 0) is 31.9 Å². The van der Waals surface area contributed by atoms with E-state index in [1.807, 2.05) is 19.1 Å². The Kier molecular flexibility index (Phi) is 5.55. The topological polar surface area (TPSA) is 41.1 Å². The Labute approximate surface area is 130 Å².